The molecule has 3 rings (SSSR count). The van der Waals surface area contributed by atoms with Gasteiger partial charge in [0.1, 0.15) is 0 Å². The second-order valence-electron chi connectivity index (χ2n) is 4.74. The fourth-order valence-electron chi connectivity index (χ4n) is 2.07. The molecule has 0 amide bonds. The molecule has 0 aliphatic heterocycles. The van der Waals surface area contributed by atoms with Gasteiger partial charge in [-0.3, -0.25) is 0 Å². The average molecular weight is 335 g/mol. The summed E-state index contributed by atoms with van der Waals surface area (Å²) in [6, 6.07) is 14.6. The minimum absolute atomic E-state index is 0.249. The van der Waals surface area contributed by atoms with Crippen LogP contribution in [0, 0.1) is 0 Å². The fourth-order valence-corrected chi connectivity index (χ4v) is 4.56. The summed E-state index contributed by atoms with van der Waals surface area (Å²) in [6.45, 7) is 2.10. The first-order valence-corrected chi connectivity index (χ1v) is 8.68. The number of aromatic nitrogens is 1. The zero-order chi connectivity index (χ0) is 14.8. The number of thiazole rings is 1. The number of para-hydroxylation sites is 1. The van der Waals surface area contributed by atoms with E-state index >= 15 is 0 Å². The number of hydrogen-bond donors (Lipinski definition) is 1. The van der Waals surface area contributed by atoms with Crippen LogP contribution >= 0.6 is 34.7 Å². The SMILES string of the molecule is CNC(C)c1ccc(Sc2nc3ccccc3s2)cc1Cl. The zero-order valence-corrected chi connectivity index (χ0v) is 14.1. The van der Waals surface area contributed by atoms with E-state index in [0.29, 0.717) is 0 Å². The van der Waals surface area contributed by atoms with Crippen LogP contribution in [0.2, 0.25) is 5.02 Å². The average Bonchev–Trinajstić information content (AvgIpc) is 2.88. The van der Waals surface area contributed by atoms with Crippen molar-refractivity contribution >= 4 is 44.9 Å². The summed E-state index contributed by atoms with van der Waals surface area (Å²) in [7, 11) is 1.94. The molecule has 2 aromatic carbocycles. The molecule has 1 unspecified atom stereocenters. The number of nitrogens with zero attached hydrogens (tertiary/aromatic N) is 1. The van der Waals surface area contributed by atoms with Crippen molar-refractivity contribution in [1.82, 2.24) is 10.3 Å². The smallest absolute Gasteiger partial charge is 0.155 e. The van der Waals surface area contributed by atoms with Gasteiger partial charge < -0.3 is 5.32 Å². The Labute approximate surface area is 137 Å². The molecule has 1 atom stereocenters. The van der Waals surface area contributed by atoms with Gasteiger partial charge in [0, 0.05) is 16.0 Å². The maximum atomic E-state index is 6.38. The highest BCUT2D eigenvalue weighted by atomic mass is 35.5. The van der Waals surface area contributed by atoms with Gasteiger partial charge in [0.2, 0.25) is 0 Å². The Bertz CT molecular complexity index is 737. The molecule has 0 saturated heterocycles. The second kappa shape index (κ2) is 6.36. The van der Waals surface area contributed by atoms with E-state index in [-0.39, 0.29) is 6.04 Å². The molecule has 2 nitrogen and oxygen atoms in total. The lowest BCUT2D eigenvalue weighted by Crippen LogP contribution is -2.12. The molecule has 5 heteroatoms. The van der Waals surface area contributed by atoms with E-state index < -0.39 is 0 Å². The third-order valence-corrected chi connectivity index (χ3v) is 5.76. The van der Waals surface area contributed by atoms with Crippen LogP contribution in [0.25, 0.3) is 10.2 Å². The van der Waals surface area contributed by atoms with E-state index in [2.05, 4.69) is 35.4 Å². The molecule has 108 valence electrons. The maximum absolute atomic E-state index is 6.38. The number of fused-ring (bicyclic) bond motifs is 1. The first kappa shape index (κ1) is 14.9. The van der Waals surface area contributed by atoms with Gasteiger partial charge in [0.25, 0.3) is 0 Å². The highest BCUT2D eigenvalue weighted by Crippen LogP contribution is 2.36. The lowest BCUT2D eigenvalue weighted by Gasteiger charge is -2.13. The summed E-state index contributed by atoms with van der Waals surface area (Å²) in [5.74, 6) is 0. The highest BCUT2D eigenvalue weighted by molar-refractivity contribution is 8.01. The van der Waals surface area contributed by atoms with Crippen LogP contribution < -0.4 is 5.32 Å². The fraction of sp³-hybridized carbons (Fsp3) is 0.188. The molecule has 1 aromatic heterocycles. The van der Waals surface area contributed by atoms with Gasteiger partial charge in [-0.15, -0.1) is 11.3 Å². The molecule has 0 radical (unpaired) electrons. The topological polar surface area (TPSA) is 24.9 Å². The summed E-state index contributed by atoms with van der Waals surface area (Å²) in [6.07, 6.45) is 0. The lowest BCUT2D eigenvalue weighted by atomic mass is 10.1. The van der Waals surface area contributed by atoms with Crippen LogP contribution in [0.3, 0.4) is 0 Å². The van der Waals surface area contributed by atoms with Crippen molar-refractivity contribution in [2.75, 3.05) is 7.05 Å². The molecular formula is C16H15ClN2S2. The summed E-state index contributed by atoms with van der Waals surface area (Å²) < 4.78 is 2.26. The Morgan fingerprint density at radius 2 is 2.05 bits per heavy atom. The first-order chi connectivity index (χ1) is 10.2. The highest BCUT2D eigenvalue weighted by Gasteiger charge is 2.10. The van der Waals surface area contributed by atoms with Crippen LogP contribution in [0.15, 0.2) is 51.7 Å². The number of rotatable bonds is 4. The minimum atomic E-state index is 0.249. The van der Waals surface area contributed by atoms with Crippen LogP contribution in [0.5, 0.6) is 0 Å². The summed E-state index contributed by atoms with van der Waals surface area (Å²) >= 11 is 9.75. The van der Waals surface area contributed by atoms with Crippen LogP contribution in [-0.2, 0) is 0 Å². The molecule has 0 aliphatic carbocycles. The van der Waals surface area contributed by atoms with Crippen molar-refractivity contribution in [1.29, 1.82) is 0 Å². The van der Waals surface area contributed by atoms with Crippen molar-refractivity contribution in [3.05, 3.63) is 53.1 Å². The molecule has 21 heavy (non-hydrogen) atoms. The van der Waals surface area contributed by atoms with Crippen molar-refractivity contribution < 1.29 is 0 Å². The number of nitrogens with one attached hydrogen (secondary N) is 1. The molecule has 0 aliphatic rings. The molecule has 1 N–H and O–H groups in total. The van der Waals surface area contributed by atoms with E-state index in [0.717, 1.165) is 25.3 Å². The normalized spacial score (nSPS) is 12.7. The minimum Gasteiger partial charge on any atom is -0.313 e. The molecular weight excluding hydrogens is 320 g/mol. The van der Waals surface area contributed by atoms with E-state index in [9.17, 15) is 0 Å². The third-order valence-electron chi connectivity index (χ3n) is 3.35. The summed E-state index contributed by atoms with van der Waals surface area (Å²) in [5.41, 5.74) is 2.17. The summed E-state index contributed by atoms with van der Waals surface area (Å²) in [4.78, 5) is 5.75. The van der Waals surface area contributed by atoms with Crippen molar-refractivity contribution in [2.24, 2.45) is 0 Å². The molecule has 0 spiro atoms. The predicted molar refractivity (Wildman–Crippen MR) is 92.7 cm³/mol. The number of hydrogen-bond acceptors (Lipinski definition) is 4. The Morgan fingerprint density at radius 3 is 2.76 bits per heavy atom. The largest absolute Gasteiger partial charge is 0.313 e. The standard InChI is InChI=1S/C16H15ClN2S2/c1-10(18-2)12-8-7-11(9-13(12)17)20-16-19-14-5-3-4-6-15(14)21-16/h3-10,18H,1-2H3. The lowest BCUT2D eigenvalue weighted by molar-refractivity contribution is 0.652. The van der Waals surface area contributed by atoms with Crippen molar-refractivity contribution in [2.45, 2.75) is 22.2 Å². The van der Waals surface area contributed by atoms with Gasteiger partial charge in [-0.05, 0) is 43.8 Å². The van der Waals surface area contributed by atoms with Crippen LogP contribution in [0.4, 0.5) is 0 Å². The Balaban J connectivity index is 1.86. The zero-order valence-electron chi connectivity index (χ0n) is 11.8. The van der Waals surface area contributed by atoms with Gasteiger partial charge in [-0.2, -0.15) is 0 Å². The number of benzene rings is 2. The molecule has 0 bridgehead atoms. The van der Waals surface area contributed by atoms with E-state index in [1.807, 2.05) is 31.3 Å². The Hall–Kier alpha value is -1.07. The molecule has 1 heterocycles. The van der Waals surface area contributed by atoms with E-state index in [1.54, 1.807) is 23.1 Å². The molecule has 0 saturated carbocycles. The first-order valence-electron chi connectivity index (χ1n) is 6.67. The quantitative estimate of drug-likeness (QED) is 0.693. The third kappa shape index (κ3) is 3.24. The maximum Gasteiger partial charge on any atom is 0.155 e. The Morgan fingerprint density at radius 1 is 1.24 bits per heavy atom. The van der Waals surface area contributed by atoms with Crippen LogP contribution in [-0.4, -0.2) is 12.0 Å². The van der Waals surface area contributed by atoms with Crippen LogP contribution in [0.1, 0.15) is 18.5 Å². The second-order valence-corrected chi connectivity index (χ2v) is 7.50. The monoisotopic (exact) mass is 334 g/mol. The van der Waals surface area contributed by atoms with E-state index in [1.165, 1.54) is 4.70 Å². The number of halogens is 1. The van der Waals surface area contributed by atoms with Gasteiger partial charge in [0.15, 0.2) is 4.34 Å². The Kier molecular flexibility index (Phi) is 4.50. The van der Waals surface area contributed by atoms with E-state index in [4.69, 9.17) is 11.6 Å². The van der Waals surface area contributed by atoms with Crippen molar-refractivity contribution in [3.8, 4) is 0 Å². The van der Waals surface area contributed by atoms with Gasteiger partial charge in [0.05, 0.1) is 10.2 Å². The summed E-state index contributed by atoms with van der Waals surface area (Å²) in [5, 5.41) is 4.00. The predicted octanol–water partition coefficient (Wildman–Crippen LogP) is 5.38. The molecule has 3 aromatic rings. The van der Waals surface area contributed by atoms with Gasteiger partial charge in [-0.1, -0.05) is 41.6 Å². The van der Waals surface area contributed by atoms with Gasteiger partial charge >= 0.3 is 0 Å². The van der Waals surface area contributed by atoms with Gasteiger partial charge in [-0.25, -0.2) is 4.98 Å². The molecule has 0 fully saturated rings. The van der Waals surface area contributed by atoms with Crippen molar-refractivity contribution in [3.63, 3.8) is 0 Å².